The predicted octanol–water partition coefficient (Wildman–Crippen LogP) is 1.33. The van der Waals surface area contributed by atoms with Crippen LogP contribution < -0.4 is 0 Å². The Morgan fingerprint density at radius 1 is 1.50 bits per heavy atom. The Balaban J connectivity index is 1.86. The summed E-state index contributed by atoms with van der Waals surface area (Å²) >= 11 is 1.71. The van der Waals surface area contributed by atoms with Crippen molar-refractivity contribution in [3.05, 3.63) is 27.5 Å². The molecule has 3 heterocycles. The zero-order valence-electron chi connectivity index (χ0n) is 12.0. The second-order valence-electron chi connectivity index (χ2n) is 5.10. The first-order chi connectivity index (χ1) is 9.70. The highest BCUT2D eigenvalue weighted by Gasteiger charge is 2.31. The number of ether oxygens (including phenoxy) is 1. The third kappa shape index (κ3) is 2.36. The van der Waals surface area contributed by atoms with Gasteiger partial charge in [-0.1, -0.05) is 5.21 Å². The monoisotopic (exact) mass is 293 g/mol. The lowest BCUT2D eigenvalue weighted by Crippen LogP contribution is -2.37. The van der Waals surface area contributed by atoms with Crippen molar-refractivity contribution in [3.63, 3.8) is 0 Å². The van der Waals surface area contributed by atoms with Crippen LogP contribution in [0.1, 0.15) is 28.0 Å². The summed E-state index contributed by atoms with van der Waals surface area (Å²) < 4.78 is 7.28. The average molecular weight is 293 g/mol. The molecule has 3 rings (SSSR count). The van der Waals surface area contributed by atoms with Crippen molar-refractivity contribution in [2.45, 2.75) is 25.9 Å². The van der Waals surface area contributed by atoms with Gasteiger partial charge in [0, 0.05) is 38.5 Å². The van der Waals surface area contributed by atoms with E-state index in [0.29, 0.717) is 6.61 Å². The van der Waals surface area contributed by atoms with Gasteiger partial charge in [-0.2, -0.15) is 0 Å². The summed E-state index contributed by atoms with van der Waals surface area (Å²) in [5, 5.41) is 8.49. The van der Waals surface area contributed by atoms with Crippen LogP contribution in [0.4, 0.5) is 0 Å². The lowest BCUT2D eigenvalue weighted by molar-refractivity contribution is 0.0755. The largest absolute Gasteiger partial charge is 0.383 e. The van der Waals surface area contributed by atoms with E-state index in [4.69, 9.17) is 4.74 Å². The molecule has 0 spiro atoms. The van der Waals surface area contributed by atoms with Gasteiger partial charge in [0.2, 0.25) is 0 Å². The third-order valence-corrected chi connectivity index (χ3v) is 4.80. The van der Waals surface area contributed by atoms with Gasteiger partial charge in [-0.15, -0.1) is 16.4 Å². The lowest BCUT2D eigenvalue weighted by Gasteiger charge is -2.34. The number of methoxy groups -OCH3 is 1. The van der Waals surface area contributed by atoms with Gasteiger partial charge in [0.05, 0.1) is 29.5 Å². The lowest BCUT2D eigenvalue weighted by atomic mass is 10.0. The Labute approximate surface area is 122 Å². The van der Waals surface area contributed by atoms with Crippen LogP contribution in [0.25, 0.3) is 0 Å². The molecule has 20 heavy (non-hydrogen) atoms. The van der Waals surface area contributed by atoms with Gasteiger partial charge in [-0.05, 0) is 6.92 Å². The highest BCUT2D eigenvalue weighted by Crippen LogP contribution is 2.30. The Bertz CT molecular complexity index is 593. The minimum Gasteiger partial charge on any atom is -0.383 e. The van der Waals surface area contributed by atoms with E-state index in [-0.39, 0.29) is 6.04 Å². The van der Waals surface area contributed by atoms with E-state index in [2.05, 4.69) is 27.1 Å². The van der Waals surface area contributed by atoms with Crippen LogP contribution in [0.5, 0.6) is 0 Å². The van der Waals surface area contributed by atoms with Crippen LogP contribution in [0, 0.1) is 6.92 Å². The average Bonchev–Trinajstić information content (AvgIpc) is 3.00. The van der Waals surface area contributed by atoms with E-state index in [1.165, 1.54) is 10.6 Å². The molecule has 0 bridgehead atoms. The molecule has 0 radical (unpaired) electrons. The Morgan fingerprint density at radius 2 is 2.35 bits per heavy atom. The fourth-order valence-electron chi connectivity index (χ4n) is 2.71. The van der Waals surface area contributed by atoms with Crippen LogP contribution in [0.2, 0.25) is 0 Å². The fraction of sp³-hybridized carbons (Fsp3) is 0.615. The normalized spacial score (nSPS) is 19.2. The van der Waals surface area contributed by atoms with Crippen molar-refractivity contribution >= 4 is 11.3 Å². The fourth-order valence-corrected chi connectivity index (χ4v) is 3.52. The number of aromatic nitrogens is 4. The quantitative estimate of drug-likeness (QED) is 0.851. The third-order valence-electron chi connectivity index (χ3n) is 3.88. The van der Waals surface area contributed by atoms with Gasteiger partial charge >= 0.3 is 0 Å². The number of nitrogens with zero attached hydrogens (tertiary/aromatic N) is 5. The summed E-state index contributed by atoms with van der Waals surface area (Å²) in [7, 11) is 3.69. The second kappa shape index (κ2) is 5.59. The maximum absolute atomic E-state index is 5.40. The highest BCUT2D eigenvalue weighted by molar-refractivity contribution is 7.09. The molecular weight excluding hydrogens is 274 g/mol. The predicted molar refractivity (Wildman–Crippen MR) is 76.6 cm³/mol. The first-order valence-corrected chi connectivity index (χ1v) is 7.59. The molecule has 0 aliphatic carbocycles. The van der Waals surface area contributed by atoms with Crippen molar-refractivity contribution in [2.75, 3.05) is 20.3 Å². The zero-order valence-corrected chi connectivity index (χ0v) is 12.9. The number of thiazole rings is 1. The van der Waals surface area contributed by atoms with Gasteiger partial charge < -0.3 is 4.74 Å². The van der Waals surface area contributed by atoms with E-state index in [0.717, 1.165) is 30.9 Å². The van der Waals surface area contributed by atoms with Crippen LogP contribution >= 0.6 is 11.3 Å². The van der Waals surface area contributed by atoms with Gasteiger partial charge in [-0.3, -0.25) is 9.58 Å². The smallest absolute Gasteiger partial charge is 0.105 e. The minimum absolute atomic E-state index is 0.180. The molecule has 0 saturated heterocycles. The zero-order chi connectivity index (χ0) is 14.1. The van der Waals surface area contributed by atoms with Gasteiger partial charge in [0.25, 0.3) is 0 Å². The van der Waals surface area contributed by atoms with Crippen LogP contribution in [0.3, 0.4) is 0 Å². The SMILES string of the molecule is COCC1c2nnn(C)c2CCN1Cc1scnc1C. The maximum atomic E-state index is 5.40. The van der Waals surface area contributed by atoms with Gasteiger partial charge in [0.1, 0.15) is 5.69 Å². The summed E-state index contributed by atoms with van der Waals surface area (Å²) in [6.45, 7) is 4.61. The molecule has 0 fully saturated rings. The van der Waals surface area contributed by atoms with Crippen LogP contribution in [0.15, 0.2) is 5.51 Å². The summed E-state index contributed by atoms with van der Waals surface area (Å²) in [5.41, 5.74) is 5.32. The Kier molecular flexibility index (Phi) is 3.82. The summed E-state index contributed by atoms with van der Waals surface area (Å²) in [4.78, 5) is 8.07. The Hall–Kier alpha value is -1.31. The van der Waals surface area contributed by atoms with Crippen molar-refractivity contribution in [1.29, 1.82) is 0 Å². The molecule has 1 atom stereocenters. The number of aryl methyl sites for hydroxylation is 2. The number of hydrogen-bond acceptors (Lipinski definition) is 6. The molecule has 0 amide bonds. The molecular formula is C13H19N5OS. The minimum atomic E-state index is 0.180. The van der Waals surface area contributed by atoms with Crippen molar-refractivity contribution in [3.8, 4) is 0 Å². The van der Waals surface area contributed by atoms with E-state index in [1.807, 2.05) is 17.2 Å². The maximum Gasteiger partial charge on any atom is 0.105 e. The van der Waals surface area contributed by atoms with E-state index >= 15 is 0 Å². The molecule has 1 aliphatic rings. The molecule has 108 valence electrons. The van der Waals surface area contributed by atoms with E-state index in [9.17, 15) is 0 Å². The molecule has 0 N–H and O–H groups in total. The van der Waals surface area contributed by atoms with E-state index < -0.39 is 0 Å². The number of rotatable bonds is 4. The van der Waals surface area contributed by atoms with Gasteiger partial charge in [-0.25, -0.2) is 4.98 Å². The number of fused-ring (bicyclic) bond motifs is 1. The molecule has 7 heteroatoms. The summed E-state index contributed by atoms with van der Waals surface area (Å²) in [6, 6.07) is 0.180. The van der Waals surface area contributed by atoms with E-state index in [1.54, 1.807) is 18.4 Å². The first kappa shape index (κ1) is 13.7. The summed E-state index contributed by atoms with van der Waals surface area (Å²) in [5.74, 6) is 0. The first-order valence-electron chi connectivity index (χ1n) is 6.71. The van der Waals surface area contributed by atoms with Crippen molar-refractivity contribution < 1.29 is 4.74 Å². The standard InChI is InChI=1S/C13H19N5OS/c1-9-12(20-8-14-9)6-18-5-4-10-13(11(18)7-19-3)15-16-17(10)2/h8,11H,4-7H2,1-3H3. The molecule has 6 nitrogen and oxygen atoms in total. The molecule has 0 saturated carbocycles. The second-order valence-corrected chi connectivity index (χ2v) is 6.04. The van der Waals surface area contributed by atoms with Crippen molar-refractivity contribution in [2.24, 2.45) is 7.05 Å². The summed E-state index contributed by atoms with van der Waals surface area (Å²) in [6.07, 6.45) is 0.983. The number of hydrogen-bond donors (Lipinski definition) is 0. The molecule has 1 aliphatic heterocycles. The van der Waals surface area contributed by atoms with Crippen LogP contribution in [-0.4, -0.2) is 45.1 Å². The van der Waals surface area contributed by atoms with Crippen LogP contribution in [-0.2, 0) is 24.8 Å². The molecule has 1 unspecified atom stereocenters. The topological polar surface area (TPSA) is 56.1 Å². The molecule has 2 aromatic rings. The molecule has 2 aromatic heterocycles. The van der Waals surface area contributed by atoms with Gasteiger partial charge in [0.15, 0.2) is 0 Å². The van der Waals surface area contributed by atoms with Crippen molar-refractivity contribution in [1.82, 2.24) is 24.9 Å². The molecule has 0 aromatic carbocycles. The highest BCUT2D eigenvalue weighted by atomic mass is 32.1. The Morgan fingerprint density at radius 3 is 3.05 bits per heavy atom.